The quantitative estimate of drug-likeness (QED) is 0.351. The van der Waals surface area contributed by atoms with Gasteiger partial charge in [-0.15, -0.1) is 0 Å². The molecule has 2 fully saturated rings. The molecule has 3 aromatic rings. The van der Waals surface area contributed by atoms with E-state index >= 15 is 0 Å². The molecule has 5 rings (SSSR count). The summed E-state index contributed by atoms with van der Waals surface area (Å²) in [6.45, 7) is 0.346. The first-order chi connectivity index (χ1) is 16.5. The molecule has 2 aliphatic rings. The van der Waals surface area contributed by atoms with E-state index in [1.807, 2.05) is 42.5 Å². The molecule has 2 aliphatic carbocycles. The molecule has 9 heteroatoms. The van der Waals surface area contributed by atoms with Gasteiger partial charge < -0.3 is 27.0 Å². The first-order valence-electron chi connectivity index (χ1n) is 11.5. The van der Waals surface area contributed by atoms with Crippen LogP contribution >= 0.6 is 0 Å². The molecular weight excluding hydrogens is 430 g/mol. The first kappa shape index (κ1) is 21.7. The van der Waals surface area contributed by atoms with Crippen LogP contribution in [0.1, 0.15) is 41.6 Å². The molecule has 0 aliphatic heterocycles. The van der Waals surface area contributed by atoms with Crippen LogP contribution in [0.5, 0.6) is 0 Å². The zero-order valence-corrected chi connectivity index (χ0v) is 18.7. The number of nitrogens with zero attached hydrogens (tertiary/aromatic N) is 2. The normalized spacial score (nSPS) is 14.8. The molecule has 0 unspecified atom stereocenters. The third-order valence-electron chi connectivity index (χ3n) is 5.71. The largest absolute Gasteiger partial charge is 0.384 e. The highest BCUT2D eigenvalue weighted by Crippen LogP contribution is 2.29. The highest BCUT2D eigenvalue weighted by atomic mass is 16.2. The molecule has 1 aromatic carbocycles. The Morgan fingerprint density at radius 1 is 0.941 bits per heavy atom. The van der Waals surface area contributed by atoms with Gasteiger partial charge in [-0.2, -0.15) is 0 Å². The summed E-state index contributed by atoms with van der Waals surface area (Å²) in [7, 11) is 0. The lowest BCUT2D eigenvalue weighted by Gasteiger charge is -2.13. The minimum Gasteiger partial charge on any atom is -0.384 e. The molecule has 3 amide bonds. The number of amides is 3. The summed E-state index contributed by atoms with van der Waals surface area (Å²) < 4.78 is 0. The van der Waals surface area contributed by atoms with E-state index < -0.39 is 0 Å². The van der Waals surface area contributed by atoms with Crippen molar-refractivity contribution in [3.8, 4) is 11.3 Å². The number of aromatic nitrogens is 2. The zero-order valence-electron chi connectivity index (χ0n) is 18.7. The van der Waals surface area contributed by atoms with Crippen LogP contribution in [0, 0.1) is 0 Å². The second-order valence-electron chi connectivity index (χ2n) is 8.74. The van der Waals surface area contributed by atoms with Gasteiger partial charge in [0.05, 0.1) is 11.3 Å². The minimum atomic E-state index is -0.315. The summed E-state index contributed by atoms with van der Waals surface area (Å²) in [5.41, 5.74) is 9.33. The molecule has 0 radical (unpaired) electrons. The van der Waals surface area contributed by atoms with Crippen molar-refractivity contribution in [2.75, 3.05) is 16.4 Å². The predicted octanol–water partition coefficient (Wildman–Crippen LogP) is 3.51. The number of pyridine rings is 2. The lowest BCUT2D eigenvalue weighted by atomic mass is 10.1. The fourth-order valence-corrected chi connectivity index (χ4v) is 3.45. The topological polar surface area (TPSA) is 134 Å². The van der Waals surface area contributed by atoms with E-state index in [0.717, 1.165) is 42.5 Å². The van der Waals surface area contributed by atoms with Crippen molar-refractivity contribution in [3.63, 3.8) is 0 Å². The van der Waals surface area contributed by atoms with Gasteiger partial charge in [-0.1, -0.05) is 18.2 Å². The monoisotopic (exact) mass is 457 g/mol. The number of carbonyl (C=O) groups is 2. The molecule has 174 valence electrons. The number of nitrogens with two attached hydrogens (primary N) is 1. The Balaban J connectivity index is 1.23. The smallest absolute Gasteiger partial charge is 0.319 e. The van der Waals surface area contributed by atoms with Gasteiger partial charge >= 0.3 is 6.03 Å². The van der Waals surface area contributed by atoms with E-state index in [1.165, 1.54) is 0 Å². The summed E-state index contributed by atoms with van der Waals surface area (Å²) in [6.07, 6.45) is 5.89. The van der Waals surface area contributed by atoms with Crippen molar-refractivity contribution in [2.45, 2.75) is 44.3 Å². The number of urea groups is 1. The molecule has 6 N–H and O–H groups in total. The highest BCUT2D eigenvalue weighted by Gasteiger charge is 2.28. The molecule has 34 heavy (non-hydrogen) atoms. The Morgan fingerprint density at radius 3 is 2.38 bits per heavy atom. The van der Waals surface area contributed by atoms with Gasteiger partial charge in [0.25, 0.3) is 5.91 Å². The van der Waals surface area contributed by atoms with E-state index in [9.17, 15) is 9.59 Å². The second-order valence-corrected chi connectivity index (χ2v) is 8.74. The Bertz CT molecular complexity index is 1190. The molecule has 0 saturated heterocycles. The molecule has 2 saturated carbocycles. The van der Waals surface area contributed by atoms with E-state index in [2.05, 4.69) is 26.3 Å². The first-order valence-corrected chi connectivity index (χ1v) is 11.5. The van der Waals surface area contributed by atoms with E-state index in [1.54, 1.807) is 12.3 Å². The summed E-state index contributed by atoms with van der Waals surface area (Å²) in [5.74, 6) is 0.983. The van der Waals surface area contributed by atoms with Crippen molar-refractivity contribution >= 4 is 29.3 Å². The number of benzene rings is 1. The summed E-state index contributed by atoms with van der Waals surface area (Å²) >= 11 is 0. The molecule has 0 atom stereocenters. The number of hydrogen-bond acceptors (Lipinski definition) is 6. The standard InChI is InChI=1S/C25H27N7O2/c26-22-12-1-15(13-27-22)14-28-25(34)31-19-4-2-16(3-5-19)21-11-10-20(24(33)30-18-8-9-18)23(32-21)29-17-6-7-17/h1-5,10-13,17-18H,6-9,14H2,(H2,26,27)(H,29,32)(H,30,33)(H2,28,31,34). The van der Waals surface area contributed by atoms with Crippen LogP contribution in [0.25, 0.3) is 11.3 Å². The van der Waals surface area contributed by atoms with Crippen LogP contribution in [0.4, 0.5) is 22.1 Å². The number of nitrogens with one attached hydrogen (secondary N) is 4. The van der Waals surface area contributed by atoms with Gasteiger partial charge in [-0.3, -0.25) is 4.79 Å². The van der Waals surface area contributed by atoms with Crippen molar-refractivity contribution in [3.05, 3.63) is 65.9 Å². The Hall–Kier alpha value is -4.14. The molecule has 2 aromatic heterocycles. The van der Waals surface area contributed by atoms with E-state index in [-0.39, 0.29) is 11.9 Å². The highest BCUT2D eigenvalue weighted by molar-refractivity contribution is 5.99. The van der Waals surface area contributed by atoms with Gasteiger partial charge in [0.2, 0.25) is 0 Å². The van der Waals surface area contributed by atoms with Gasteiger partial charge in [0, 0.05) is 36.1 Å². The maximum absolute atomic E-state index is 12.6. The van der Waals surface area contributed by atoms with Crippen LogP contribution in [0.15, 0.2) is 54.7 Å². The van der Waals surface area contributed by atoms with Crippen LogP contribution in [-0.4, -0.2) is 34.0 Å². The van der Waals surface area contributed by atoms with Crippen molar-refractivity contribution in [1.82, 2.24) is 20.6 Å². The van der Waals surface area contributed by atoms with Crippen molar-refractivity contribution < 1.29 is 9.59 Å². The van der Waals surface area contributed by atoms with Crippen LogP contribution in [-0.2, 0) is 6.54 Å². The van der Waals surface area contributed by atoms with Gasteiger partial charge in [0.15, 0.2) is 0 Å². The molecule has 2 heterocycles. The average molecular weight is 458 g/mol. The maximum atomic E-state index is 12.6. The number of anilines is 3. The van der Waals surface area contributed by atoms with E-state index in [0.29, 0.717) is 41.5 Å². The molecular formula is C25H27N7O2. The number of carbonyl (C=O) groups excluding carboxylic acids is 2. The third kappa shape index (κ3) is 5.61. The average Bonchev–Trinajstić information content (AvgIpc) is 3.77. The summed E-state index contributed by atoms with van der Waals surface area (Å²) in [6, 6.07) is 15.0. The lowest BCUT2D eigenvalue weighted by molar-refractivity contribution is 0.0951. The molecule has 0 spiro atoms. The fourth-order valence-electron chi connectivity index (χ4n) is 3.45. The number of hydrogen-bond donors (Lipinski definition) is 5. The minimum absolute atomic E-state index is 0.0787. The summed E-state index contributed by atoms with van der Waals surface area (Å²) in [5, 5.41) is 12.0. The number of nitrogen functional groups attached to an aromatic ring is 1. The van der Waals surface area contributed by atoms with Crippen LogP contribution < -0.4 is 27.0 Å². The summed E-state index contributed by atoms with van der Waals surface area (Å²) in [4.78, 5) is 33.6. The van der Waals surface area contributed by atoms with Crippen molar-refractivity contribution in [2.24, 2.45) is 0 Å². The molecule has 9 nitrogen and oxygen atoms in total. The Kier molecular flexibility index (Phi) is 5.99. The van der Waals surface area contributed by atoms with E-state index in [4.69, 9.17) is 10.7 Å². The van der Waals surface area contributed by atoms with Gasteiger partial charge in [-0.25, -0.2) is 14.8 Å². The molecule has 0 bridgehead atoms. The number of rotatable bonds is 8. The lowest BCUT2D eigenvalue weighted by Crippen LogP contribution is -2.28. The Morgan fingerprint density at radius 2 is 1.71 bits per heavy atom. The third-order valence-corrected chi connectivity index (χ3v) is 5.71. The van der Waals surface area contributed by atoms with Crippen molar-refractivity contribution in [1.29, 1.82) is 0 Å². The Labute approximate surface area is 197 Å². The van der Waals surface area contributed by atoms with Crippen LogP contribution in [0.3, 0.4) is 0 Å². The van der Waals surface area contributed by atoms with Gasteiger partial charge in [0.1, 0.15) is 11.6 Å². The van der Waals surface area contributed by atoms with Crippen LogP contribution in [0.2, 0.25) is 0 Å². The predicted molar refractivity (Wildman–Crippen MR) is 131 cm³/mol. The SMILES string of the molecule is Nc1ccc(CNC(=O)Nc2ccc(-c3ccc(C(=O)NC4CC4)c(NC4CC4)n3)cc2)cn1. The maximum Gasteiger partial charge on any atom is 0.319 e. The second kappa shape index (κ2) is 9.38. The van der Waals surface area contributed by atoms with Gasteiger partial charge in [-0.05, 0) is 61.6 Å². The fraction of sp³-hybridized carbons (Fsp3) is 0.280. The zero-order chi connectivity index (χ0) is 23.5.